The molecule has 0 spiro atoms. The summed E-state index contributed by atoms with van der Waals surface area (Å²) in [5, 5.41) is 13.3. The van der Waals surface area contributed by atoms with Crippen LogP contribution in [0.1, 0.15) is 18.4 Å². The summed E-state index contributed by atoms with van der Waals surface area (Å²) >= 11 is 0. The van der Waals surface area contributed by atoms with E-state index < -0.39 is 0 Å². The first-order valence-corrected chi connectivity index (χ1v) is 7.58. The quantitative estimate of drug-likeness (QED) is 0.748. The van der Waals surface area contributed by atoms with Crippen LogP contribution in [0.25, 0.3) is 11.1 Å². The molecule has 1 heterocycles. The molecule has 2 aromatic carbocycles. The van der Waals surface area contributed by atoms with E-state index in [0.29, 0.717) is 22.8 Å². The van der Waals surface area contributed by atoms with Gasteiger partial charge in [0.25, 0.3) is 0 Å². The Labute approximate surface area is 139 Å². The van der Waals surface area contributed by atoms with Gasteiger partial charge in [-0.2, -0.15) is 0 Å². The number of aromatic nitrogens is 1. The first-order chi connectivity index (χ1) is 11.7. The largest absolute Gasteiger partial charge is 0.457 e. The van der Waals surface area contributed by atoms with Gasteiger partial charge in [0.1, 0.15) is 23.0 Å². The molecule has 1 aromatic heterocycles. The van der Waals surface area contributed by atoms with Crippen LogP contribution in [0.5, 0.6) is 11.5 Å². The van der Waals surface area contributed by atoms with Crippen molar-refractivity contribution in [3.63, 3.8) is 0 Å². The zero-order chi connectivity index (χ0) is 16.9. The standard InChI is InChI=1S/C19H17NO4/c1-13(22)11-18-19(17(12-21)20-24-18)14-7-9-16(10-8-14)23-15-5-3-2-4-6-15/h2-10,21H,11-12H2,1H3. The number of para-hydroxylation sites is 1. The summed E-state index contributed by atoms with van der Waals surface area (Å²) in [6.07, 6.45) is 0.143. The van der Waals surface area contributed by atoms with Gasteiger partial charge in [0.2, 0.25) is 0 Å². The second-order valence-corrected chi connectivity index (χ2v) is 5.40. The van der Waals surface area contributed by atoms with Gasteiger partial charge < -0.3 is 14.4 Å². The van der Waals surface area contributed by atoms with Crippen LogP contribution in [0.4, 0.5) is 0 Å². The van der Waals surface area contributed by atoms with Crippen LogP contribution >= 0.6 is 0 Å². The van der Waals surface area contributed by atoms with Crippen LogP contribution < -0.4 is 4.74 Å². The normalized spacial score (nSPS) is 10.6. The third-order valence-corrected chi connectivity index (χ3v) is 3.51. The average Bonchev–Trinajstić information content (AvgIpc) is 2.98. The topological polar surface area (TPSA) is 72.6 Å². The van der Waals surface area contributed by atoms with Gasteiger partial charge in [-0.05, 0) is 36.8 Å². The second kappa shape index (κ2) is 7.10. The maximum atomic E-state index is 11.4. The highest BCUT2D eigenvalue weighted by Gasteiger charge is 2.18. The van der Waals surface area contributed by atoms with Gasteiger partial charge in [-0.15, -0.1) is 0 Å². The smallest absolute Gasteiger partial charge is 0.152 e. The van der Waals surface area contributed by atoms with E-state index in [1.807, 2.05) is 54.6 Å². The lowest BCUT2D eigenvalue weighted by atomic mass is 10.0. The molecule has 0 saturated carbocycles. The van der Waals surface area contributed by atoms with Crippen molar-refractivity contribution in [2.24, 2.45) is 0 Å². The molecule has 24 heavy (non-hydrogen) atoms. The molecule has 0 saturated heterocycles. The van der Waals surface area contributed by atoms with Gasteiger partial charge in [-0.1, -0.05) is 35.5 Å². The number of hydrogen-bond donors (Lipinski definition) is 1. The lowest BCUT2D eigenvalue weighted by molar-refractivity contribution is -0.116. The summed E-state index contributed by atoms with van der Waals surface area (Å²) in [5.74, 6) is 1.88. The fourth-order valence-corrected chi connectivity index (χ4v) is 2.46. The number of rotatable bonds is 6. The number of carbonyl (C=O) groups excluding carboxylic acids is 1. The minimum Gasteiger partial charge on any atom is -0.457 e. The number of ketones is 1. The number of carbonyl (C=O) groups is 1. The third-order valence-electron chi connectivity index (χ3n) is 3.51. The van der Waals surface area contributed by atoms with E-state index in [-0.39, 0.29) is 18.8 Å². The van der Waals surface area contributed by atoms with Crippen molar-refractivity contribution in [3.05, 3.63) is 66.1 Å². The molecule has 0 aliphatic rings. The molecule has 5 heteroatoms. The van der Waals surface area contributed by atoms with E-state index in [4.69, 9.17) is 9.26 Å². The van der Waals surface area contributed by atoms with Gasteiger partial charge in [0.05, 0.1) is 18.6 Å². The van der Waals surface area contributed by atoms with E-state index in [1.54, 1.807) is 0 Å². The fourth-order valence-electron chi connectivity index (χ4n) is 2.46. The predicted molar refractivity (Wildman–Crippen MR) is 88.8 cm³/mol. The van der Waals surface area contributed by atoms with Gasteiger partial charge in [0, 0.05) is 0 Å². The van der Waals surface area contributed by atoms with E-state index in [9.17, 15) is 9.90 Å². The first kappa shape index (κ1) is 16.0. The average molecular weight is 323 g/mol. The van der Waals surface area contributed by atoms with Crippen molar-refractivity contribution in [1.29, 1.82) is 0 Å². The Kier molecular flexibility index (Phi) is 4.72. The molecule has 3 aromatic rings. The number of Topliss-reactive ketones (excluding diaryl/α,β-unsaturated/α-hetero) is 1. The Morgan fingerprint density at radius 3 is 2.38 bits per heavy atom. The monoisotopic (exact) mass is 323 g/mol. The van der Waals surface area contributed by atoms with Gasteiger partial charge in [0.15, 0.2) is 5.76 Å². The fraction of sp³-hybridized carbons (Fsp3) is 0.158. The molecule has 0 aliphatic carbocycles. The van der Waals surface area contributed by atoms with E-state index in [1.165, 1.54) is 6.92 Å². The Bertz CT molecular complexity index is 822. The number of hydrogen-bond acceptors (Lipinski definition) is 5. The van der Waals surface area contributed by atoms with Gasteiger partial charge in [-0.25, -0.2) is 0 Å². The second-order valence-electron chi connectivity index (χ2n) is 5.40. The molecule has 0 atom stereocenters. The zero-order valence-electron chi connectivity index (χ0n) is 13.2. The maximum absolute atomic E-state index is 11.4. The Morgan fingerprint density at radius 2 is 1.75 bits per heavy atom. The van der Waals surface area contributed by atoms with Crippen LogP contribution in [-0.2, 0) is 17.8 Å². The summed E-state index contributed by atoms with van der Waals surface area (Å²) < 4.78 is 11.0. The minimum atomic E-state index is -0.251. The van der Waals surface area contributed by atoms with Crippen LogP contribution in [0.2, 0.25) is 0 Å². The predicted octanol–water partition coefficient (Wildman–Crippen LogP) is 3.76. The summed E-state index contributed by atoms with van der Waals surface area (Å²) in [6, 6.07) is 16.9. The van der Waals surface area contributed by atoms with Crippen molar-refractivity contribution < 1.29 is 19.2 Å². The van der Waals surface area contributed by atoms with Crippen LogP contribution in [0, 0.1) is 0 Å². The van der Waals surface area contributed by atoms with E-state index in [2.05, 4.69) is 5.16 Å². The van der Waals surface area contributed by atoms with Crippen molar-refractivity contribution >= 4 is 5.78 Å². The third kappa shape index (κ3) is 3.52. The molecule has 0 amide bonds. The molecule has 122 valence electrons. The van der Waals surface area contributed by atoms with Crippen LogP contribution in [0.15, 0.2) is 59.1 Å². The molecular weight excluding hydrogens is 306 g/mol. The van der Waals surface area contributed by atoms with Gasteiger partial charge >= 0.3 is 0 Å². The molecular formula is C19H17NO4. The Morgan fingerprint density at radius 1 is 1.08 bits per heavy atom. The zero-order valence-corrected chi connectivity index (χ0v) is 13.2. The molecule has 1 N–H and O–H groups in total. The summed E-state index contributed by atoms with van der Waals surface area (Å²) in [4.78, 5) is 11.4. The Balaban J connectivity index is 1.88. The minimum absolute atomic E-state index is 0.0269. The van der Waals surface area contributed by atoms with E-state index in [0.717, 1.165) is 11.3 Å². The number of aliphatic hydroxyl groups is 1. The highest BCUT2D eigenvalue weighted by Crippen LogP contribution is 2.31. The molecule has 3 rings (SSSR count). The van der Waals surface area contributed by atoms with Crippen LogP contribution in [0.3, 0.4) is 0 Å². The first-order valence-electron chi connectivity index (χ1n) is 7.58. The number of ether oxygens (including phenoxy) is 1. The van der Waals surface area contributed by atoms with Crippen molar-refractivity contribution in [3.8, 4) is 22.6 Å². The highest BCUT2D eigenvalue weighted by molar-refractivity contribution is 5.81. The molecule has 0 aliphatic heterocycles. The van der Waals surface area contributed by atoms with Crippen molar-refractivity contribution in [2.75, 3.05) is 0 Å². The van der Waals surface area contributed by atoms with Crippen molar-refractivity contribution in [1.82, 2.24) is 5.16 Å². The van der Waals surface area contributed by atoms with Crippen molar-refractivity contribution in [2.45, 2.75) is 20.0 Å². The number of nitrogens with zero attached hydrogens (tertiary/aromatic N) is 1. The number of benzene rings is 2. The molecule has 0 unspecified atom stereocenters. The highest BCUT2D eigenvalue weighted by atomic mass is 16.5. The lowest BCUT2D eigenvalue weighted by Gasteiger charge is -2.07. The van der Waals surface area contributed by atoms with Gasteiger partial charge in [-0.3, -0.25) is 4.79 Å². The van der Waals surface area contributed by atoms with Crippen LogP contribution in [-0.4, -0.2) is 16.0 Å². The maximum Gasteiger partial charge on any atom is 0.152 e. The SMILES string of the molecule is CC(=O)Cc1onc(CO)c1-c1ccc(Oc2ccccc2)cc1. The summed E-state index contributed by atoms with van der Waals surface area (Å²) in [7, 11) is 0. The van der Waals surface area contributed by atoms with E-state index >= 15 is 0 Å². The molecule has 0 bridgehead atoms. The Hall–Kier alpha value is -2.92. The molecule has 0 radical (unpaired) electrons. The summed E-state index contributed by atoms with van der Waals surface area (Å²) in [6.45, 7) is 1.24. The number of aliphatic hydroxyl groups excluding tert-OH is 1. The lowest BCUT2D eigenvalue weighted by Crippen LogP contribution is -1.97. The molecule has 0 fully saturated rings. The molecule has 5 nitrogen and oxygen atoms in total. The summed E-state index contributed by atoms with van der Waals surface area (Å²) in [5.41, 5.74) is 1.90.